The van der Waals surface area contributed by atoms with Gasteiger partial charge in [-0.25, -0.2) is 0 Å². The molecule has 4 heteroatoms. The highest BCUT2D eigenvalue weighted by Crippen LogP contribution is 2.35. The number of nitrogens with zero attached hydrogens (tertiary/aromatic N) is 1. The lowest BCUT2D eigenvalue weighted by molar-refractivity contribution is 0.238. The van der Waals surface area contributed by atoms with Gasteiger partial charge in [0.05, 0.1) is 0 Å². The Morgan fingerprint density at radius 2 is 1.41 bits per heavy atom. The molecule has 0 atom stereocenters. The highest BCUT2D eigenvalue weighted by molar-refractivity contribution is 14.1. The van der Waals surface area contributed by atoms with Crippen LogP contribution in [0.15, 0.2) is 72.8 Å². The predicted molar refractivity (Wildman–Crippen MR) is 141 cm³/mol. The molecule has 1 heterocycles. The molecule has 0 spiro atoms. The summed E-state index contributed by atoms with van der Waals surface area (Å²) in [5.74, 6) is 1.20. The Hall–Kier alpha value is -2.31. The molecule has 1 fully saturated rings. The number of hydrogen-bond acceptors (Lipinski definition) is 3. The van der Waals surface area contributed by atoms with Gasteiger partial charge in [-0.05, 0) is 119 Å². The molecule has 166 valence electrons. The molecule has 0 aliphatic carbocycles. The molecule has 3 aromatic rings. The summed E-state index contributed by atoms with van der Waals surface area (Å²) >= 11 is 2.34. The van der Waals surface area contributed by atoms with Crippen LogP contribution in [0.5, 0.6) is 11.5 Å². The molecule has 4 rings (SSSR count). The van der Waals surface area contributed by atoms with Crippen molar-refractivity contribution in [3.8, 4) is 11.5 Å². The Kier molecular flexibility index (Phi) is 7.87. The third-order valence-electron chi connectivity index (χ3n) is 6.02. The lowest BCUT2D eigenvalue weighted by Gasteiger charge is -2.18. The maximum Gasteiger partial charge on any atom is 0.119 e. The van der Waals surface area contributed by atoms with E-state index in [9.17, 15) is 5.11 Å². The summed E-state index contributed by atoms with van der Waals surface area (Å²) in [5.41, 5.74) is 5.97. The van der Waals surface area contributed by atoms with Crippen LogP contribution >= 0.6 is 22.6 Å². The fourth-order valence-corrected chi connectivity index (χ4v) is 4.70. The van der Waals surface area contributed by atoms with Crippen LogP contribution in [0.3, 0.4) is 0 Å². The number of phenolic OH excluding ortho intramolecular Hbond substituents is 1. The summed E-state index contributed by atoms with van der Waals surface area (Å²) in [4.78, 5) is 2.47. The molecule has 1 aliphatic rings. The standard InChI is InChI=1S/C28H30INO2/c1-2-27(21-7-13-25(31)14-8-21)28(22-5-11-24(29)12-6-22)23-9-15-26(16-10-23)32-20-19-30-17-3-4-18-30/h5-16,31H,2-4,17-20H2,1H3/b28-27-. The number of likely N-dealkylation sites (tertiary alicyclic amines) is 1. The highest BCUT2D eigenvalue weighted by atomic mass is 127. The first-order valence-electron chi connectivity index (χ1n) is 11.4. The number of phenols is 1. The van der Waals surface area contributed by atoms with Crippen molar-refractivity contribution in [3.05, 3.63) is 93.1 Å². The van der Waals surface area contributed by atoms with E-state index in [0.29, 0.717) is 0 Å². The predicted octanol–water partition coefficient (Wildman–Crippen LogP) is 6.84. The van der Waals surface area contributed by atoms with Crippen molar-refractivity contribution in [1.82, 2.24) is 4.90 Å². The molecule has 0 amide bonds. The number of rotatable bonds is 8. The molecule has 1 saturated heterocycles. The van der Waals surface area contributed by atoms with Gasteiger partial charge in [0.15, 0.2) is 0 Å². The van der Waals surface area contributed by atoms with E-state index < -0.39 is 0 Å². The average molecular weight is 539 g/mol. The van der Waals surface area contributed by atoms with Gasteiger partial charge in [0.1, 0.15) is 18.1 Å². The van der Waals surface area contributed by atoms with E-state index in [1.54, 1.807) is 12.1 Å². The van der Waals surface area contributed by atoms with E-state index >= 15 is 0 Å². The number of halogens is 1. The van der Waals surface area contributed by atoms with Crippen molar-refractivity contribution in [3.63, 3.8) is 0 Å². The van der Waals surface area contributed by atoms with Gasteiger partial charge in [0.2, 0.25) is 0 Å². The van der Waals surface area contributed by atoms with Gasteiger partial charge in [-0.3, -0.25) is 4.90 Å². The van der Waals surface area contributed by atoms with E-state index in [1.807, 2.05) is 12.1 Å². The van der Waals surface area contributed by atoms with Crippen LogP contribution in [0.2, 0.25) is 0 Å². The second-order valence-electron chi connectivity index (χ2n) is 8.18. The number of aromatic hydroxyl groups is 1. The minimum atomic E-state index is 0.287. The summed E-state index contributed by atoms with van der Waals surface area (Å²) in [5, 5.41) is 9.75. The van der Waals surface area contributed by atoms with Gasteiger partial charge in [-0.1, -0.05) is 43.3 Å². The number of benzene rings is 3. The Bertz CT molecular complexity index is 1030. The lowest BCUT2D eigenvalue weighted by Crippen LogP contribution is -2.25. The lowest BCUT2D eigenvalue weighted by atomic mass is 9.88. The van der Waals surface area contributed by atoms with Gasteiger partial charge >= 0.3 is 0 Å². The maximum atomic E-state index is 9.75. The topological polar surface area (TPSA) is 32.7 Å². The van der Waals surface area contributed by atoms with Crippen molar-refractivity contribution in [2.24, 2.45) is 0 Å². The molecular formula is C28H30INO2. The Morgan fingerprint density at radius 1 is 0.844 bits per heavy atom. The van der Waals surface area contributed by atoms with Crippen LogP contribution in [-0.2, 0) is 0 Å². The monoisotopic (exact) mass is 539 g/mol. The van der Waals surface area contributed by atoms with Gasteiger partial charge in [0, 0.05) is 10.1 Å². The first-order chi connectivity index (χ1) is 15.6. The molecule has 1 N–H and O–H groups in total. The number of allylic oxidation sites excluding steroid dienone is 1. The van der Waals surface area contributed by atoms with E-state index in [4.69, 9.17) is 4.74 Å². The van der Waals surface area contributed by atoms with Crippen LogP contribution in [0.1, 0.15) is 42.9 Å². The largest absolute Gasteiger partial charge is 0.508 e. The second kappa shape index (κ2) is 11.0. The van der Waals surface area contributed by atoms with Gasteiger partial charge in [0.25, 0.3) is 0 Å². The summed E-state index contributed by atoms with van der Waals surface area (Å²) < 4.78 is 7.24. The Labute approximate surface area is 204 Å². The summed E-state index contributed by atoms with van der Waals surface area (Å²) in [7, 11) is 0. The third-order valence-corrected chi connectivity index (χ3v) is 6.74. The molecule has 0 saturated carbocycles. The Balaban J connectivity index is 1.63. The molecule has 0 bridgehead atoms. The SMILES string of the molecule is CC/C(=C(\c1ccc(I)cc1)c1ccc(OCCN2CCCC2)cc1)c1ccc(O)cc1. The zero-order valence-electron chi connectivity index (χ0n) is 18.6. The quantitative estimate of drug-likeness (QED) is 0.251. The maximum absolute atomic E-state index is 9.75. The van der Waals surface area contributed by atoms with Gasteiger partial charge in [-0.15, -0.1) is 0 Å². The molecule has 0 radical (unpaired) electrons. The van der Waals surface area contributed by atoms with E-state index in [0.717, 1.165) is 30.9 Å². The molecule has 0 unspecified atom stereocenters. The zero-order valence-corrected chi connectivity index (χ0v) is 20.7. The van der Waals surface area contributed by atoms with Crippen molar-refractivity contribution >= 4 is 33.7 Å². The van der Waals surface area contributed by atoms with Crippen molar-refractivity contribution < 1.29 is 9.84 Å². The minimum absolute atomic E-state index is 0.287. The van der Waals surface area contributed by atoms with Crippen LogP contribution in [0.25, 0.3) is 11.1 Å². The molecular weight excluding hydrogens is 509 g/mol. The summed E-state index contributed by atoms with van der Waals surface area (Å²) in [6.45, 7) is 6.31. The first kappa shape index (κ1) is 22.9. The average Bonchev–Trinajstić information content (AvgIpc) is 3.33. The van der Waals surface area contributed by atoms with Crippen LogP contribution in [0.4, 0.5) is 0 Å². The highest BCUT2D eigenvalue weighted by Gasteiger charge is 2.14. The normalized spacial score (nSPS) is 14.9. The van der Waals surface area contributed by atoms with E-state index in [-0.39, 0.29) is 5.75 Å². The summed E-state index contributed by atoms with van der Waals surface area (Å²) in [6.07, 6.45) is 3.51. The fraction of sp³-hybridized carbons (Fsp3) is 0.286. The number of ether oxygens (including phenoxy) is 1. The molecule has 3 nitrogen and oxygen atoms in total. The van der Waals surface area contributed by atoms with E-state index in [2.05, 4.69) is 82.9 Å². The molecule has 3 aromatic carbocycles. The molecule has 0 aromatic heterocycles. The smallest absolute Gasteiger partial charge is 0.119 e. The van der Waals surface area contributed by atoms with Crippen LogP contribution in [-0.4, -0.2) is 36.2 Å². The van der Waals surface area contributed by atoms with Crippen LogP contribution in [0, 0.1) is 3.57 Å². The minimum Gasteiger partial charge on any atom is -0.508 e. The zero-order chi connectivity index (χ0) is 22.3. The Morgan fingerprint density at radius 3 is 2.00 bits per heavy atom. The molecule has 1 aliphatic heterocycles. The van der Waals surface area contributed by atoms with Crippen molar-refractivity contribution in [2.75, 3.05) is 26.2 Å². The van der Waals surface area contributed by atoms with Gasteiger partial charge < -0.3 is 9.84 Å². The van der Waals surface area contributed by atoms with Crippen LogP contribution < -0.4 is 4.74 Å². The van der Waals surface area contributed by atoms with Gasteiger partial charge in [-0.2, -0.15) is 0 Å². The number of hydrogen-bond donors (Lipinski definition) is 1. The fourth-order valence-electron chi connectivity index (χ4n) is 4.34. The summed E-state index contributed by atoms with van der Waals surface area (Å²) in [6, 6.07) is 24.7. The first-order valence-corrected chi connectivity index (χ1v) is 12.5. The van der Waals surface area contributed by atoms with Crippen molar-refractivity contribution in [2.45, 2.75) is 26.2 Å². The molecule has 32 heavy (non-hydrogen) atoms. The second-order valence-corrected chi connectivity index (χ2v) is 9.43. The van der Waals surface area contributed by atoms with E-state index in [1.165, 1.54) is 51.8 Å². The van der Waals surface area contributed by atoms with Crippen molar-refractivity contribution in [1.29, 1.82) is 0 Å². The third kappa shape index (κ3) is 5.73.